The fourth-order valence-electron chi connectivity index (χ4n) is 3.92. The number of aromatic nitrogens is 3. The molecule has 1 aliphatic heterocycles. The molecule has 1 saturated heterocycles. The summed E-state index contributed by atoms with van der Waals surface area (Å²) in [5.41, 5.74) is -0.542. The Morgan fingerprint density at radius 3 is 2.55 bits per heavy atom. The Labute approximate surface area is 219 Å². The molecule has 38 heavy (non-hydrogen) atoms. The third-order valence-electron chi connectivity index (χ3n) is 5.74. The summed E-state index contributed by atoms with van der Waals surface area (Å²) in [6, 6.07) is 2.16. The van der Waals surface area contributed by atoms with Gasteiger partial charge in [0.15, 0.2) is 5.69 Å². The molecule has 10 nitrogen and oxygen atoms in total. The molecule has 1 fully saturated rings. The van der Waals surface area contributed by atoms with Gasteiger partial charge in [0.05, 0.1) is 5.56 Å². The molecule has 4 rings (SSSR count). The van der Waals surface area contributed by atoms with Crippen LogP contribution in [-0.4, -0.2) is 69.7 Å². The Balaban J connectivity index is 1.77. The minimum absolute atomic E-state index is 0.00239. The quantitative estimate of drug-likeness (QED) is 0.353. The predicted octanol–water partition coefficient (Wildman–Crippen LogP) is 4.60. The summed E-state index contributed by atoms with van der Waals surface area (Å²) in [5, 5.41) is 15.5. The number of carboxylic acids is 1. The van der Waals surface area contributed by atoms with Crippen LogP contribution in [-0.2, 0) is 6.18 Å². The number of carbonyl (C=O) groups excluding carboxylic acids is 1. The smallest absolute Gasteiger partial charge is 0.434 e. The Bertz CT molecular complexity index is 1310. The van der Waals surface area contributed by atoms with E-state index >= 15 is 0 Å². The van der Waals surface area contributed by atoms with Crippen LogP contribution in [0.3, 0.4) is 0 Å². The zero-order valence-electron chi connectivity index (χ0n) is 20.3. The number of likely N-dealkylation sites (tertiary alicyclic amines) is 1. The minimum Gasteiger partial charge on any atom is -0.478 e. The van der Waals surface area contributed by atoms with Crippen LogP contribution in [0.5, 0.6) is 5.88 Å². The number of ether oxygens (including phenoxy) is 1. The summed E-state index contributed by atoms with van der Waals surface area (Å²) >= 11 is 0.756. The van der Waals surface area contributed by atoms with E-state index in [1.54, 1.807) is 6.92 Å². The van der Waals surface area contributed by atoms with Crippen molar-refractivity contribution in [2.75, 3.05) is 38.1 Å². The van der Waals surface area contributed by atoms with Gasteiger partial charge in [0, 0.05) is 47.6 Å². The Morgan fingerprint density at radius 1 is 1.13 bits per heavy atom. The summed E-state index contributed by atoms with van der Waals surface area (Å²) in [6.45, 7) is 4.92. The topological polar surface area (TPSA) is 130 Å². The lowest BCUT2D eigenvalue weighted by molar-refractivity contribution is -0.140. The second-order valence-electron chi connectivity index (χ2n) is 8.41. The van der Waals surface area contributed by atoms with Crippen LogP contribution in [0.4, 0.5) is 23.8 Å². The molecule has 0 unspecified atom stereocenters. The fraction of sp³-hybridized carbons (Fsp3) is 0.375. The number of hydrogen-bond acceptors (Lipinski definition) is 8. The lowest BCUT2D eigenvalue weighted by Gasteiger charge is -2.17. The van der Waals surface area contributed by atoms with Gasteiger partial charge in [0.1, 0.15) is 17.4 Å². The number of carboxylic acid groups (broad SMARTS) is 1. The number of halogens is 3. The maximum Gasteiger partial charge on any atom is 0.434 e. The van der Waals surface area contributed by atoms with E-state index in [0.717, 1.165) is 48.8 Å². The minimum atomic E-state index is -4.65. The second kappa shape index (κ2) is 11.7. The number of hydrogen-bond donors (Lipinski definition) is 3. The number of urea groups is 1. The van der Waals surface area contributed by atoms with Crippen LogP contribution in [0.15, 0.2) is 29.9 Å². The SMILES string of the molecule is CCNC(=O)Nc1cc(-c2nc(C(F)(F)F)cs2)c(-c2cc(C(=O)O)cnc2OCCN2CCCC2)cn1. The van der Waals surface area contributed by atoms with E-state index < -0.39 is 23.9 Å². The van der Waals surface area contributed by atoms with Crippen molar-refractivity contribution >= 4 is 29.2 Å². The van der Waals surface area contributed by atoms with E-state index in [2.05, 4.69) is 30.5 Å². The van der Waals surface area contributed by atoms with Gasteiger partial charge in [-0.1, -0.05) is 0 Å². The normalized spacial score (nSPS) is 13.9. The maximum atomic E-state index is 13.3. The molecule has 3 aromatic rings. The number of amides is 2. The van der Waals surface area contributed by atoms with Crippen molar-refractivity contribution in [2.24, 2.45) is 0 Å². The highest BCUT2D eigenvalue weighted by molar-refractivity contribution is 7.13. The fourth-order valence-corrected chi connectivity index (χ4v) is 4.78. The van der Waals surface area contributed by atoms with Crippen molar-refractivity contribution in [3.8, 4) is 27.6 Å². The molecule has 1 aliphatic rings. The van der Waals surface area contributed by atoms with E-state index in [-0.39, 0.29) is 45.6 Å². The van der Waals surface area contributed by atoms with E-state index in [9.17, 15) is 27.9 Å². The molecular formula is C24H25F3N6O4S. The molecule has 0 atom stereocenters. The average Bonchev–Trinajstić information content (AvgIpc) is 3.57. The summed E-state index contributed by atoms with van der Waals surface area (Å²) in [6.07, 6.45) is 0.0346. The lowest BCUT2D eigenvalue weighted by atomic mass is 10.0. The van der Waals surface area contributed by atoms with Crippen molar-refractivity contribution in [3.63, 3.8) is 0 Å². The molecule has 3 N–H and O–H groups in total. The van der Waals surface area contributed by atoms with Gasteiger partial charge in [-0.15, -0.1) is 11.3 Å². The summed E-state index contributed by atoms with van der Waals surface area (Å²) in [4.78, 5) is 38.1. The number of aromatic carboxylic acids is 1. The molecule has 0 saturated carbocycles. The first-order valence-electron chi connectivity index (χ1n) is 11.8. The molecular weight excluding hydrogens is 525 g/mol. The molecule has 202 valence electrons. The Hall–Kier alpha value is -3.78. The molecule has 2 amide bonds. The monoisotopic (exact) mass is 550 g/mol. The molecule has 0 bridgehead atoms. The molecule has 0 spiro atoms. The predicted molar refractivity (Wildman–Crippen MR) is 134 cm³/mol. The second-order valence-corrected chi connectivity index (χ2v) is 9.27. The average molecular weight is 551 g/mol. The van der Waals surface area contributed by atoms with Crippen LogP contribution in [0.1, 0.15) is 35.8 Å². The van der Waals surface area contributed by atoms with Crippen molar-refractivity contribution in [1.29, 1.82) is 0 Å². The van der Waals surface area contributed by atoms with Gasteiger partial charge in [0.25, 0.3) is 0 Å². The number of nitrogens with one attached hydrogen (secondary N) is 2. The highest BCUT2D eigenvalue weighted by atomic mass is 32.1. The van der Waals surface area contributed by atoms with Gasteiger partial charge >= 0.3 is 18.2 Å². The van der Waals surface area contributed by atoms with Gasteiger partial charge in [-0.05, 0) is 45.0 Å². The number of pyridine rings is 2. The molecule has 0 aromatic carbocycles. The standard InChI is InChI=1S/C24H25F3N6O4S/c1-2-28-23(36)32-19-10-16(21-31-18(13-38-21)24(25,26)27)17(12-29-19)15-9-14(22(34)35)11-30-20(15)37-8-7-33-5-3-4-6-33/h9-13H,2-8H2,1H3,(H,34,35)(H2,28,29,32,36). The summed E-state index contributed by atoms with van der Waals surface area (Å²) in [7, 11) is 0. The number of thiazole rings is 1. The first kappa shape index (κ1) is 27.3. The summed E-state index contributed by atoms with van der Waals surface area (Å²) in [5.74, 6) is -1.06. The molecule has 14 heteroatoms. The highest BCUT2D eigenvalue weighted by Crippen LogP contribution is 2.40. The van der Waals surface area contributed by atoms with Crippen molar-refractivity contribution in [2.45, 2.75) is 25.9 Å². The number of alkyl halides is 3. The number of nitrogens with zero attached hydrogens (tertiary/aromatic N) is 4. The first-order chi connectivity index (χ1) is 18.2. The van der Waals surface area contributed by atoms with Crippen molar-refractivity contribution in [1.82, 2.24) is 25.2 Å². The van der Waals surface area contributed by atoms with Crippen molar-refractivity contribution in [3.05, 3.63) is 41.2 Å². The third kappa shape index (κ3) is 6.55. The largest absolute Gasteiger partial charge is 0.478 e. The van der Waals surface area contributed by atoms with Crippen LogP contribution in [0.25, 0.3) is 21.7 Å². The number of anilines is 1. The zero-order chi connectivity index (χ0) is 27.3. The van der Waals surface area contributed by atoms with Gasteiger partial charge in [0.2, 0.25) is 5.88 Å². The van der Waals surface area contributed by atoms with E-state index in [0.29, 0.717) is 13.1 Å². The lowest BCUT2D eigenvalue weighted by Crippen LogP contribution is -2.28. The molecule has 0 radical (unpaired) electrons. The first-order valence-corrected chi connectivity index (χ1v) is 12.7. The summed E-state index contributed by atoms with van der Waals surface area (Å²) < 4.78 is 45.9. The maximum absolute atomic E-state index is 13.3. The van der Waals surface area contributed by atoms with Gasteiger partial charge in [-0.25, -0.2) is 24.5 Å². The van der Waals surface area contributed by atoms with Crippen molar-refractivity contribution < 1.29 is 32.6 Å². The van der Waals surface area contributed by atoms with Crippen LogP contribution < -0.4 is 15.4 Å². The number of rotatable bonds is 9. The van der Waals surface area contributed by atoms with E-state index in [1.165, 1.54) is 18.3 Å². The highest BCUT2D eigenvalue weighted by Gasteiger charge is 2.34. The van der Waals surface area contributed by atoms with Gasteiger partial charge < -0.3 is 15.2 Å². The zero-order valence-corrected chi connectivity index (χ0v) is 21.2. The van der Waals surface area contributed by atoms with Gasteiger partial charge in [-0.3, -0.25) is 10.2 Å². The van der Waals surface area contributed by atoms with E-state index in [4.69, 9.17) is 4.74 Å². The van der Waals surface area contributed by atoms with E-state index in [1.807, 2.05) is 0 Å². The molecule has 0 aliphatic carbocycles. The van der Waals surface area contributed by atoms with Crippen LogP contribution in [0, 0.1) is 0 Å². The number of carbonyl (C=O) groups is 2. The molecule has 4 heterocycles. The Morgan fingerprint density at radius 2 is 1.89 bits per heavy atom. The third-order valence-corrected chi connectivity index (χ3v) is 6.62. The Kier molecular flexibility index (Phi) is 8.42. The van der Waals surface area contributed by atoms with Crippen LogP contribution >= 0.6 is 11.3 Å². The van der Waals surface area contributed by atoms with Crippen LogP contribution in [0.2, 0.25) is 0 Å². The molecule has 3 aromatic heterocycles. The van der Waals surface area contributed by atoms with Gasteiger partial charge in [-0.2, -0.15) is 13.2 Å².